The summed E-state index contributed by atoms with van der Waals surface area (Å²) in [6.07, 6.45) is 6.46. The third-order valence-corrected chi connectivity index (χ3v) is 13.9. The van der Waals surface area contributed by atoms with Crippen LogP contribution in [0.5, 0.6) is 0 Å². The van der Waals surface area contributed by atoms with E-state index < -0.39 is 56.4 Å². The largest absolute Gasteiger partial charge is 0.469 e. The molecule has 10 heteroatoms. The minimum Gasteiger partial charge on any atom is -0.469 e. The number of hydrogen-bond acceptors (Lipinski definition) is 10. The number of carbonyl (C=O) groups excluding carboxylic acids is 4. The number of ether oxygens (including phenoxy) is 4. The second-order valence-corrected chi connectivity index (χ2v) is 18.0. The molecule has 11 unspecified atom stereocenters. The predicted molar refractivity (Wildman–Crippen MR) is 163 cm³/mol. The molecule has 9 saturated carbocycles. The molecule has 0 aromatic carbocycles. The maximum Gasteiger partial charge on any atom is 0.319 e. The minimum atomic E-state index is -1.23. The number of carbonyl (C=O) groups is 4. The van der Waals surface area contributed by atoms with Gasteiger partial charge in [-0.1, -0.05) is 13.3 Å². The fourth-order valence-corrected chi connectivity index (χ4v) is 12.9. The molecular formula is C36H52O10. The second-order valence-electron chi connectivity index (χ2n) is 18.0. The van der Waals surface area contributed by atoms with E-state index in [0.29, 0.717) is 44.4 Å². The van der Waals surface area contributed by atoms with Crippen LogP contribution in [-0.4, -0.2) is 71.2 Å². The number of aliphatic hydroxyl groups is 2. The summed E-state index contributed by atoms with van der Waals surface area (Å²) < 4.78 is 23.2. The Hall–Kier alpha value is -2.04. The van der Waals surface area contributed by atoms with Gasteiger partial charge in [0.1, 0.15) is 6.10 Å². The van der Waals surface area contributed by atoms with Crippen LogP contribution in [0.25, 0.3) is 0 Å². The van der Waals surface area contributed by atoms with E-state index in [0.717, 1.165) is 19.3 Å². The Morgan fingerprint density at radius 3 is 1.54 bits per heavy atom. The van der Waals surface area contributed by atoms with Crippen LogP contribution in [0.3, 0.4) is 0 Å². The molecule has 256 valence electrons. The van der Waals surface area contributed by atoms with Gasteiger partial charge in [0.15, 0.2) is 0 Å². The van der Waals surface area contributed by atoms with Crippen LogP contribution in [0.4, 0.5) is 0 Å². The summed E-state index contributed by atoms with van der Waals surface area (Å²) >= 11 is 0. The molecule has 0 aromatic rings. The first-order valence-electron chi connectivity index (χ1n) is 17.5. The van der Waals surface area contributed by atoms with Gasteiger partial charge in [0.25, 0.3) is 0 Å². The van der Waals surface area contributed by atoms with Gasteiger partial charge in [0.2, 0.25) is 0 Å². The van der Waals surface area contributed by atoms with Crippen LogP contribution >= 0.6 is 0 Å². The Labute approximate surface area is 271 Å². The van der Waals surface area contributed by atoms with E-state index in [1.54, 1.807) is 7.11 Å². The smallest absolute Gasteiger partial charge is 0.319 e. The Morgan fingerprint density at radius 1 is 0.652 bits per heavy atom. The molecular weight excluding hydrogens is 592 g/mol. The maximum absolute atomic E-state index is 14.3. The highest BCUT2D eigenvalue weighted by atomic mass is 16.6. The molecule has 2 N–H and O–H groups in total. The monoisotopic (exact) mass is 644 g/mol. The lowest BCUT2D eigenvalue weighted by molar-refractivity contribution is -0.237. The first-order valence-corrected chi connectivity index (χ1v) is 17.5. The Balaban J connectivity index is 1.13. The van der Waals surface area contributed by atoms with Crippen LogP contribution in [-0.2, 0) is 38.1 Å². The van der Waals surface area contributed by atoms with E-state index in [4.69, 9.17) is 18.9 Å². The first-order chi connectivity index (χ1) is 21.4. The highest BCUT2D eigenvalue weighted by Crippen LogP contribution is 2.69. The Kier molecular flexibility index (Phi) is 7.23. The fourth-order valence-electron chi connectivity index (χ4n) is 12.9. The van der Waals surface area contributed by atoms with Crippen LogP contribution in [0.2, 0.25) is 0 Å². The number of methoxy groups -OCH3 is 2. The quantitative estimate of drug-likeness (QED) is 0.232. The Bertz CT molecular complexity index is 1340. The molecule has 0 heterocycles. The summed E-state index contributed by atoms with van der Waals surface area (Å²) in [4.78, 5) is 55.6. The first kappa shape index (κ1) is 32.5. The van der Waals surface area contributed by atoms with Crippen molar-refractivity contribution in [2.75, 3.05) is 14.2 Å². The summed E-state index contributed by atoms with van der Waals surface area (Å²) in [6, 6.07) is 0. The van der Waals surface area contributed by atoms with Crippen molar-refractivity contribution in [3.63, 3.8) is 0 Å². The standard InChI is InChI=1S/C36H52O10/c1-21-6-7-24(30(2,3)44-5)25(8-21)45-27(38)32-10-23-12-34(16-32,20-36(42,14-23)18-32)29(40)46-28(39)33-11-22-9-31(15-33,26(37)43-4)17-35(41,13-22)19-33/h21-25,41-42H,6-20H2,1-5H3. The molecule has 9 aliphatic carbocycles. The van der Waals surface area contributed by atoms with Gasteiger partial charge in [-0.15, -0.1) is 0 Å². The van der Waals surface area contributed by atoms with Crippen LogP contribution in [0.15, 0.2) is 0 Å². The van der Waals surface area contributed by atoms with Crippen LogP contribution < -0.4 is 0 Å². The molecule has 46 heavy (non-hydrogen) atoms. The van der Waals surface area contributed by atoms with Crippen molar-refractivity contribution in [1.29, 1.82) is 0 Å². The summed E-state index contributed by atoms with van der Waals surface area (Å²) in [5.74, 6) is -1.88. The molecule has 0 aromatic heterocycles. The van der Waals surface area contributed by atoms with Gasteiger partial charge in [-0.2, -0.15) is 0 Å². The summed E-state index contributed by atoms with van der Waals surface area (Å²) in [6.45, 7) is 6.22. The van der Waals surface area contributed by atoms with E-state index in [9.17, 15) is 29.4 Å². The van der Waals surface area contributed by atoms with Gasteiger partial charge >= 0.3 is 23.9 Å². The third-order valence-electron chi connectivity index (χ3n) is 13.9. The van der Waals surface area contributed by atoms with E-state index in [-0.39, 0.29) is 68.4 Å². The Morgan fingerprint density at radius 2 is 1.11 bits per heavy atom. The van der Waals surface area contributed by atoms with Gasteiger partial charge in [0.05, 0.1) is 45.6 Å². The van der Waals surface area contributed by atoms with Crippen LogP contribution in [0.1, 0.15) is 117 Å². The van der Waals surface area contributed by atoms with Crippen molar-refractivity contribution >= 4 is 23.9 Å². The van der Waals surface area contributed by atoms with Gasteiger partial charge in [-0.25, -0.2) is 0 Å². The highest BCUT2D eigenvalue weighted by molar-refractivity contribution is 5.94. The summed E-state index contributed by atoms with van der Waals surface area (Å²) in [7, 11) is 3.01. The van der Waals surface area contributed by atoms with Crippen molar-refractivity contribution in [2.24, 2.45) is 45.3 Å². The number of esters is 4. The van der Waals surface area contributed by atoms with Crippen molar-refractivity contribution in [1.82, 2.24) is 0 Å². The normalized spacial score (nSPS) is 48.6. The molecule has 9 fully saturated rings. The highest BCUT2D eigenvalue weighted by Gasteiger charge is 2.72. The molecule has 10 nitrogen and oxygen atoms in total. The molecule has 0 spiro atoms. The molecule has 0 amide bonds. The average Bonchev–Trinajstić information content (AvgIpc) is 2.94. The zero-order valence-electron chi connectivity index (χ0n) is 28.2. The van der Waals surface area contributed by atoms with E-state index in [1.165, 1.54) is 7.11 Å². The lowest BCUT2D eigenvalue weighted by Crippen LogP contribution is -2.66. The molecule has 11 atom stereocenters. The van der Waals surface area contributed by atoms with Crippen molar-refractivity contribution < 1.29 is 48.3 Å². The maximum atomic E-state index is 14.3. The fraction of sp³-hybridized carbons (Fsp3) is 0.889. The third kappa shape index (κ3) is 4.89. The van der Waals surface area contributed by atoms with Crippen molar-refractivity contribution in [3.05, 3.63) is 0 Å². The summed E-state index contributed by atoms with van der Waals surface area (Å²) in [5, 5.41) is 23.3. The minimum absolute atomic E-state index is 0.0228. The molecule has 0 radical (unpaired) electrons. The number of rotatable bonds is 7. The van der Waals surface area contributed by atoms with Crippen LogP contribution in [0, 0.1) is 45.3 Å². The lowest BCUT2D eigenvalue weighted by atomic mass is 9.42. The van der Waals surface area contributed by atoms with E-state index >= 15 is 0 Å². The molecule has 0 aliphatic heterocycles. The SMILES string of the molecule is COC(=O)C12CC3CC(O)(C1)CC(C(=O)OC(=O)C14CC5CC(O)(C1)CC(C(=O)OC1CC(C)CCC1C(C)(C)OC)(C5)C4)(C3)C2. The molecule has 0 saturated heterocycles. The zero-order chi connectivity index (χ0) is 33.1. The van der Waals surface area contributed by atoms with E-state index in [1.807, 2.05) is 13.8 Å². The average molecular weight is 645 g/mol. The number of hydrogen-bond donors (Lipinski definition) is 2. The van der Waals surface area contributed by atoms with Gasteiger partial charge in [-0.3, -0.25) is 19.2 Å². The molecule has 8 bridgehead atoms. The molecule has 9 aliphatic rings. The van der Waals surface area contributed by atoms with Gasteiger partial charge < -0.3 is 29.2 Å². The topological polar surface area (TPSA) is 146 Å². The van der Waals surface area contributed by atoms with Crippen molar-refractivity contribution in [2.45, 2.75) is 140 Å². The predicted octanol–water partition coefficient (Wildman–Crippen LogP) is 4.41. The van der Waals surface area contributed by atoms with Gasteiger partial charge in [-0.05, 0) is 121 Å². The zero-order valence-corrected chi connectivity index (χ0v) is 28.2. The lowest BCUT2D eigenvalue weighted by Gasteiger charge is -2.63. The van der Waals surface area contributed by atoms with E-state index in [2.05, 4.69) is 6.92 Å². The summed E-state index contributed by atoms with van der Waals surface area (Å²) in [5.41, 5.74) is -7.25. The van der Waals surface area contributed by atoms with Gasteiger partial charge in [0, 0.05) is 13.0 Å². The molecule has 9 rings (SSSR count). The second kappa shape index (κ2) is 10.2. The van der Waals surface area contributed by atoms with Crippen molar-refractivity contribution in [3.8, 4) is 0 Å².